The summed E-state index contributed by atoms with van der Waals surface area (Å²) in [4.78, 5) is 0. The van der Waals surface area contributed by atoms with Gasteiger partial charge in [0.25, 0.3) is 0 Å². The Labute approximate surface area is 95.0 Å². The predicted octanol–water partition coefficient (Wildman–Crippen LogP) is 3.45. The molecule has 2 aliphatic rings. The van der Waals surface area contributed by atoms with Crippen molar-refractivity contribution in [2.75, 3.05) is 13.6 Å². The highest BCUT2D eigenvalue weighted by molar-refractivity contribution is 5.04. The summed E-state index contributed by atoms with van der Waals surface area (Å²) < 4.78 is 0. The van der Waals surface area contributed by atoms with Crippen LogP contribution in [0.1, 0.15) is 52.9 Å². The zero-order valence-corrected chi connectivity index (χ0v) is 10.9. The van der Waals surface area contributed by atoms with E-state index in [4.69, 9.17) is 0 Å². The van der Waals surface area contributed by atoms with Gasteiger partial charge >= 0.3 is 0 Å². The predicted molar refractivity (Wildman–Crippen MR) is 65.9 cm³/mol. The molecule has 2 rings (SSSR count). The van der Waals surface area contributed by atoms with Crippen LogP contribution in [0, 0.1) is 22.7 Å². The lowest BCUT2D eigenvalue weighted by atomic mass is 9.74. The molecule has 15 heavy (non-hydrogen) atoms. The standard InChI is InChI=1S/C14H27N/c1-13(2,3)5-6-14(10-15-4)8-11-7-12(11)9-14/h11-12,15H,5-10H2,1-4H3. The normalized spacial score (nSPS) is 39.2. The first-order valence-corrected chi connectivity index (χ1v) is 6.59. The summed E-state index contributed by atoms with van der Waals surface area (Å²) in [5.74, 6) is 2.22. The quantitative estimate of drug-likeness (QED) is 0.748. The molecule has 0 bridgehead atoms. The van der Waals surface area contributed by atoms with E-state index < -0.39 is 0 Å². The molecule has 0 aromatic rings. The van der Waals surface area contributed by atoms with Gasteiger partial charge < -0.3 is 5.32 Å². The number of hydrogen-bond acceptors (Lipinski definition) is 1. The minimum atomic E-state index is 0.507. The SMILES string of the molecule is CNCC1(CCC(C)(C)C)CC2CC2C1. The fraction of sp³-hybridized carbons (Fsp3) is 1.00. The Morgan fingerprint density at radius 1 is 1.20 bits per heavy atom. The molecule has 2 atom stereocenters. The Kier molecular flexibility index (Phi) is 2.87. The second-order valence-corrected chi connectivity index (χ2v) is 7.26. The monoisotopic (exact) mass is 209 g/mol. The van der Waals surface area contributed by atoms with Crippen molar-refractivity contribution in [3.8, 4) is 0 Å². The largest absolute Gasteiger partial charge is 0.319 e. The molecule has 0 heterocycles. The van der Waals surface area contributed by atoms with E-state index in [0.29, 0.717) is 10.8 Å². The minimum Gasteiger partial charge on any atom is -0.319 e. The van der Waals surface area contributed by atoms with Crippen molar-refractivity contribution < 1.29 is 0 Å². The lowest BCUT2D eigenvalue weighted by molar-refractivity contribution is 0.194. The van der Waals surface area contributed by atoms with Crippen LogP contribution in [-0.2, 0) is 0 Å². The van der Waals surface area contributed by atoms with Gasteiger partial charge in [-0.1, -0.05) is 20.8 Å². The molecule has 0 saturated heterocycles. The van der Waals surface area contributed by atoms with E-state index in [1.807, 2.05) is 0 Å². The number of fused-ring (bicyclic) bond motifs is 1. The molecule has 1 heteroatoms. The van der Waals surface area contributed by atoms with E-state index in [2.05, 4.69) is 33.1 Å². The van der Waals surface area contributed by atoms with Gasteiger partial charge in [0.15, 0.2) is 0 Å². The first-order chi connectivity index (χ1) is 6.94. The second-order valence-electron chi connectivity index (χ2n) is 7.26. The summed E-state index contributed by atoms with van der Waals surface area (Å²) in [5, 5.41) is 3.43. The molecule has 2 aliphatic carbocycles. The van der Waals surface area contributed by atoms with Crippen LogP contribution >= 0.6 is 0 Å². The minimum absolute atomic E-state index is 0.507. The number of rotatable bonds is 4. The van der Waals surface area contributed by atoms with Gasteiger partial charge in [0.05, 0.1) is 0 Å². The van der Waals surface area contributed by atoms with Crippen LogP contribution in [0.5, 0.6) is 0 Å². The lowest BCUT2D eigenvalue weighted by Gasteiger charge is -2.33. The Morgan fingerprint density at radius 2 is 1.80 bits per heavy atom. The van der Waals surface area contributed by atoms with E-state index in [0.717, 1.165) is 11.8 Å². The Bertz CT molecular complexity index is 216. The van der Waals surface area contributed by atoms with Crippen LogP contribution in [0.3, 0.4) is 0 Å². The molecule has 2 unspecified atom stereocenters. The zero-order valence-electron chi connectivity index (χ0n) is 10.9. The van der Waals surface area contributed by atoms with Gasteiger partial charge in [-0.25, -0.2) is 0 Å². The maximum absolute atomic E-state index is 3.43. The number of hydrogen-bond donors (Lipinski definition) is 1. The molecule has 0 amide bonds. The highest BCUT2D eigenvalue weighted by atomic mass is 14.8. The van der Waals surface area contributed by atoms with E-state index in [-0.39, 0.29) is 0 Å². The van der Waals surface area contributed by atoms with Crippen molar-refractivity contribution in [2.45, 2.75) is 52.9 Å². The Balaban J connectivity index is 1.89. The molecule has 1 nitrogen and oxygen atoms in total. The molecule has 1 N–H and O–H groups in total. The van der Waals surface area contributed by atoms with Gasteiger partial charge in [0, 0.05) is 6.54 Å². The van der Waals surface area contributed by atoms with E-state index in [9.17, 15) is 0 Å². The fourth-order valence-corrected chi connectivity index (χ4v) is 3.46. The third kappa shape index (κ3) is 2.75. The van der Waals surface area contributed by atoms with Gasteiger partial charge in [0.1, 0.15) is 0 Å². The lowest BCUT2D eigenvalue weighted by Crippen LogP contribution is -2.32. The van der Waals surface area contributed by atoms with Crippen LogP contribution in [0.4, 0.5) is 0 Å². The zero-order chi connectivity index (χ0) is 11.1. The fourth-order valence-electron chi connectivity index (χ4n) is 3.46. The van der Waals surface area contributed by atoms with E-state index >= 15 is 0 Å². The van der Waals surface area contributed by atoms with Crippen LogP contribution < -0.4 is 5.32 Å². The molecular formula is C14H27N. The summed E-state index contributed by atoms with van der Waals surface area (Å²) in [6, 6.07) is 0. The molecular weight excluding hydrogens is 182 g/mol. The molecule has 2 saturated carbocycles. The summed E-state index contributed by atoms with van der Waals surface area (Å²) in [6.45, 7) is 8.36. The van der Waals surface area contributed by atoms with Crippen LogP contribution in [0.15, 0.2) is 0 Å². The molecule has 88 valence electrons. The van der Waals surface area contributed by atoms with Crippen molar-refractivity contribution in [2.24, 2.45) is 22.7 Å². The third-order valence-electron chi connectivity index (χ3n) is 4.42. The average molecular weight is 209 g/mol. The van der Waals surface area contributed by atoms with Crippen molar-refractivity contribution in [1.29, 1.82) is 0 Å². The van der Waals surface area contributed by atoms with Crippen molar-refractivity contribution in [3.05, 3.63) is 0 Å². The second kappa shape index (κ2) is 3.76. The molecule has 2 fully saturated rings. The smallest absolute Gasteiger partial charge is 0.000501 e. The molecule has 0 aliphatic heterocycles. The summed E-state index contributed by atoms with van der Waals surface area (Å²) >= 11 is 0. The van der Waals surface area contributed by atoms with E-state index in [1.54, 1.807) is 6.42 Å². The maximum Gasteiger partial charge on any atom is 0.000501 e. The molecule has 0 spiro atoms. The summed E-state index contributed by atoms with van der Waals surface area (Å²) in [7, 11) is 2.11. The first kappa shape index (κ1) is 11.4. The molecule has 0 aromatic heterocycles. The van der Waals surface area contributed by atoms with Gasteiger partial charge in [-0.05, 0) is 61.8 Å². The highest BCUT2D eigenvalue weighted by Crippen LogP contribution is 2.61. The Hall–Kier alpha value is -0.0400. The Morgan fingerprint density at radius 3 is 2.27 bits per heavy atom. The van der Waals surface area contributed by atoms with Gasteiger partial charge in [0.2, 0.25) is 0 Å². The van der Waals surface area contributed by atoms with Gasteiger partial charge in [-0.3, -0.25) is 0 Å². The topological polar surface area (TPSA) is 12.0 Å². The van der Waals surface area contributed by atoms with Crippen LogP contribution in [0.25, 0.3) is 0 Å². The first-order valence-electron chi connectivity index (χ1n) is 6.59. The summed E-state index contributed by atoms with van der Waals surface area (Å²) in [5.41, 5.74) is 1.17. The molecule has 0 radical (unpaired) electrons. The maximum atomic E-state index is 3.43. The summed E-state index contributed by atoms with van der Waals surface area (Å²) in [6.07, 6.45) is 7.38. The van der Waals surface area contributed by atoms with Crippen molar-refractivity contribution in [1.82, 2.24) is 5.32 Å². The van der Waals surface area contributed by atoms with Crippen LogP contribution in [-0.4, -0.2) is 13.6 Å². The van der Waals surface area contributed by atoms with Gasteiger partial charge in [-0.2, -0.15) is 0 Å². The average Bonchev–Trinajstić information content (AvgIpc) is 2.72. The van der Waals surface area contributed by atoms with E-state index in [1.165, 1.54) is 32.2 Å². The third-order valence-corrected chi connectivity index (χ3v) is 4.42. The van der Waals surface area contributed by atoms with Crippen molar-refractivity contribution >= 4 is 0 Å². The molecule has 0 aromatic carbocycles. The van der Waals surface area contributed by atoms with Crippen molar-refractivity contribution in [3.63, 3.8) is 0 Å². The number of nitrogens with one attached hydrogen (secondary N) is 1. The van der Waals surface area contributed by atoms with Gasteiger partial charge in [-0.15, -0.1) is 0 Å². The highest BCUT2D eigenvalue weighted by Gasteiger charge is 2.53. The van der Waals surface area contributed by atoms with Crippen LogP contribution in [0.2, 0.25) is 0 Å².